The highest BCUT2D eigenvalue weighted by atomic mass is 19.1. The first-order valence-corrected chi connectivity index (χ1v) is 6.87. The van der Waals surface area contributed by atoms with Crippen LogP contribution in [0.3, 0.4) is 0 Å². The first kappa shape index (κ1) is 15.4. The molecule has 0 aromatic heterocycles. The zero-order chi connectivity index (χ0) is 15.6. The first-order chi connectivity index (χ1) is 9.90. The summed E-state index contributed by atoms with van der Waals surface area (Å²) in [5.41, 5.74) is 0.307. The summed E-state index contributed by atoms with van der Waals surface area (Å²) >= 11 is 0. The summed E-state index contributed by atoms with van der Waals surface area (Å²) in [5.74, 6) is -1.99. The summed E-state index contributed by atoms with van der Waals surface area (Å²) in [7, 11) is 0. The molecule has 0 bridgehead atoms. The van der Waals surface area contributed by atoms with E-state index in [0.717, 1.165) is 12.8 Å². The van der Waals surface area contributed by atoms with Gasteiger partial charge in [0.05, 0.1) is 12.5 Å². The van der Waals surface area contributed by atoms with E-state index in [0.29, 0.717) is 5.56 Å². The molecule has 0 spiro atoms. The number of amides is 1. The van der Waals surface area contributed by atoms with Gasteiger partial charge in [-0.1, -0.05) is 12.1 Å². The largest absolute Gasteiger partial charge is 0.480 e. The number of carbonyl (C=O) groups is 2. The van der Waals surface area contributed by atoms with Gasteiger partial charge in [0.1, 0.15) is 11.9 Å². The number of carbonyl (C=O) groups excluding carboxylic acids is 1. The minimum Gasteiger partial charge on any atom is -0.480 e. The minimum atomic E-state index is -1.14. The third-order valence-corrected chi connectivity index (χ3v) is 3.60. The predicted molar refractivity (Wildman–Crippen MR) is 72.9 cm³/mol. The van der Waals surface area contributed by atoms with Gasteiger partial charge in [0.15, 0.2) is 0 Å². The van der Waals surface area contributed by atoms with E-state index in [4.69, 9.17) is 5.11 Å². The van der Waals surface area contributed by atoms with Gasteiger partial charge in [0, 0.05) is 6.04 Å². The summed E-state index contributed by atoms with van der Waals surface area (Å²) < 4.78 is 13.1. The van der Waals surface area contributed by atoms with Crippen molar-refractivity contribution in [1.29, 1.82) is 0 Å². The maximum atomic E-state index is 13.1. The molecule has 1 aliphatic rings. The fourth-order valence-electron chi connectivity index (χ4n) is 2.31. The van der Waals surface area contributed by atoms with E-state index in [-0.39, 0.29) is 12.5 Å². The normalized spacial score (nSPS) is 17.1. The van der Waals surface area contributed by atoms with Crippen molar-refractivity contribution in [2.45, 2.75) is 44.4 Å². The number of nitrogens with zero attached hydrogens (tertiary/aromatic N) is 1. The molecule has 1 aromatic rings. The number of aliphatic hydroxyl groups excluding tert-OH is 1. The zero-order valence-electron chi connectivity index (χ0n) is 11.7. The molecule has 2 atom stereocenters. The van der Waals surface area contributed by atoms with Crippen LogP contribution in [-0.2, 0) is 9.59 Å². The molecular weight excluding hydrogens is 277 g/mol. The second kappa shape index (κ2) is 6.22. The smallest absolute Gasteiger partial charge is 0.326 e. The quantitative estimate of drug-likeness (QED) is 0.837. The molecule has 1 fully saturated rings. The molecule has 1 amide bonds. The highest BCUT2D eigenvalue weighted by molar-refractivity contribution is 5.84. The molecule has 1 saturated carbocycles. The predicted octanol–water partition coefficient (Wildman–Crippen LogP) is 1.71. The molecule has 6 heteroatoms. The first-order valence-electron chi connectivity index (χ1n) is 6.87. The number of hydrogen-bond acceptors (Lipinski definition) is 3. The fourth-order valence-corrected chi connectivity index (χ4v) is 2.31. The van der Waals surface area contributed by atoms with Crippen molar-refractivity contribution in [3.05, 3.63) is 35.6 Å². The van der Waals surface area contributed by atoms with Crippen LogP contribution in [0.15, 0.2) is 24.3 Å². The van der Waals surface area contributed by atoms with E-state index >= 15 is 0 Å². The average Bonchev–Trinajstić information content (AvgIpc) is 3.23. The molecule has 2 N–H and O–H groups in total. The van der Waals surface area contributed by atoms with E-state index in [1.165, 1.54) is 36.1 Å². The third-order valence-electron chi connectivity index (χ3n) is 3.60. The number of carboxylic acids is 1. The summed E-state index contributed by atoms with van der Waals surface area (Å²) in [6.07, 6.45) is 0.159. The van der Waals surface area contributed by atoms with Gasteiger partial charge in [0.2, 0.25) is 5.91 Å². The lowest BCUT2D eigenvalue weighted by Crippen LogP contribution is -2.45. The Morgan fingerprint density at radius 1 is 1.43 bits per heavy atom. The molecule has 0 heterocycles. The number of aliphatic hydroxyl groups is 1. The molecule has 5 nitrogen and oxygen atoms in total. The maximum Gasteiger partial charge on any atom is 0.326 e. The molecule has 1 aromatic carbocycles. The number of carboxylic acid groups (broad SMARTS) is 1. The Kier molecular flexibility index (Phi) is 4.57. The molecule has 2 rings (SSSR count). The van der Waals surface area contributed by atoms with Gasteiger partial charge in [-0.25, -0.2) is 9.18 Å². The maximum absolute atomic E-state index is 13.1. The van der Waals surface area contributed by atoms with Crippen molar-refractivity contribution < 1.29 is 24.2 Å². The lowest BCUT2D eigenvalue weighted by Gasteiger charge is -2.27. The topological polar surface area (TPSA) is 77.8 Å². The second-order valence-electron chi connectivity index (χ2n) is 5.32. The van der Waals surface area contributed by atoms with E-state index in [1.807, 2.05) is 0 Å². The van der Waals surface area contributed by atoms with Crippen molar-refractivity contribution >= 4 is 11.9 Å². The summed E-state index contributed by atoms with van der Waals surface area (Å²) in [5, 5.41) is 19.1. The molecular formula is C15H18FNO4. The Hall–Kier alpha value is -1.95. The molecule has 1 aliphatic carbocycles. The molecule has 2 unspecified atom stereocenters. The number of hydrogen-bond donors (Lipinski definition) is 2. The summed E-state index contributed by atoms with van der Waals surface area (Å²) in [4.78, 5) is 24.6. The van der Waals surface area contributed by atoms with Crippen LogP contribution in [0.4, 0.5) is 4.39 Å². The molecule has 0 radical (unpaired) electrons. The van der Waals surface area contributed by atoms with Gasteiger partial charge in [-0.05, 0) is 37.5 Å². The Bertz CT molecular complexity index is 544. The van der Waals surface area contributed by atoms with Crippen LogP contribution in [0.1, 0.15) is 37.9 Å². The van der Waals surface area contributed by atoms with Crippen LogP contribution in [0.25, 0.3) is 0 Å². The average molecular weight is 295 g/mol. The number of rotatable bonds is 6. The minimum absolute atomic E-state index is 0.0664. The number of halogens is 1. The lowest BCUT2D eigenvalue weighted by molar-refractivity contribution is -0.150. The van der Waals surface area contributed by atoms with Crippen LogP contribution in [0, 0.1) is 5.82 Å². The van der Waals surface area contributed by atoms with E-state index < -0.39 is 29.8 Å². The van der Waals surface area contributed by atoms with E-state index in [1.54, 1.807) is 0 Å². The Labute approximate surface area is 122 Å². The Morgan fingerprint density at radius 3 is 2.62 bits per heavy atom. The fraction of sp³-hybridized carbons (Fsp3) is 0.467. The number of benzene rings is 1. The van der Waals surface area contributed by atoms with Crippen molar-refractivity contribution in [1.82, 2.24) is 4.90 Å². The standard InChI is InChI=1S/C15H18FNO4/c1-9(15(20)21)17(12-5-6-12)14(19)8-13(18)10-3-2-4-11(16)7-10/h2-4,7,9,12-13,18H,5-6,8H2,1H3,(H,20,21). The Morgan fingerprint density at radius 2 is 2.10 bits per heavy atom. The highest BCUT2D eigenvalue weighted by Gasteiger charge is 2.38. The van der Waals surface area contributed by atoms with Crippen LogP contribution in [0.5, 0.6) is 0 Å². The molecule has 21 heavy (non-hydrogen) atoms. The number of aliphatic carboxylic acids is 1. The van der Waals surface area contributed by atoms with Crippen molar-refractivity contribution in [3.63, 3.8) is 0 Å². The van der Waals surface area contributed by atoms with Gasteiger partial charge >= 0.3 is 5.97 Å². The van der Waals surface area contributed by atoms with E-state index in [2.05, 4.69) is 0 Å². The molecule has 114 valence electrons. The van der Waals surface area contributed by atoms with Gasteiger partial charge in [-0.2, -0.15) is 0 Å². The second-order valence-corrected chi connectivity index (χ2v) is 5.32. The molecule has 0 aliphatic heterocycles. The SMILES string of the molecule is CC(C(=O)O)N(C(=O)CC(O)c1cccc(F)c1)C1CC1. The van der Waals surface area contributed by atoms with Gasteiger partial charge < -0.3 is 15.1 Å². The zero-order valence-corrected chi connectivity index (χ0v) is 11.7. The summed E-state index contributed by atoms with van der Waals surface area (Å²) in [6, 6.07) is 4.41. The van der Waals surface area contributed by atoms with Crippen molar-refractivity contribution in [3.8, 4) is 0 Å². The van der Waals surface area contributed by atoms with Crippen LogP contribution in [0.2, 0.25) is 0 Å². The van der Waals surface area contributed by atoms with Gasteiger partial charge in [-0.3, -0.25) is 4.79 Å². The van der Waals surface area contributed by atoms with Crippen molar-refractivity contribution in [2.24, 2.45) is 0 Å². The van der Waals surface area contributed by atoms with Crippen LogP contribution in [-0.4, -0.2) is 39.1 Å². The van der Waals surface area contributed by atoms with Crippen LogP contribution >= 0.6 is 0 Å². The van der Waals surface area contributed by atoms with Crippen molar-refractivity contribution in [2.75, 3.05) is 0 Å². The lowest BCUT2D eigenvalue weighted by atomic mass is 10.1. The Balaban J connectivity index is 2.06. The molecule has 0 saturated heterocycles. The monoisotopic (exact) mass is 295 g/mol. The van der Waals surface area contributed by atoms with Gasteiger partial charge in [-0.15, -0.1) is 0 Å². The summed E-state index contributed by atoms with van der Waals surface area (Å²) in [6.45, 7) is 1.45. The van der Waals surface area contributed by atoms with Crippen LogP contribution < -0.4 is 0 Å². The van der Waals surface area contributed by atoms with Gasteiger partial charge in [0.25, 0.3) is 0 Å². The third kappa shape index (κ3) is 3.78. The highest BCUT2D eigenvalue weighted by Crippen LogP contribution is 2.30. The van der Waals surface area contributed by atoms with E-state index in [9.17, 15) is 19.1 Å².